The molecule has 0 amide bonds. The molecule has 2 aliphatic rings. The Morgan fingerprint density at radius 1 is 1.20 bits per heavy atom. The molecule has 1 saturated heterocycles. The second kappa shape index (κ2) is 7.35. The third-order valence-corrected chi connectivity index (χ3v) is 6.13. The fraction of sp³-hybridized carbons (Fsp3) is 0.550. The number of rotatable bonds is 5. The van der Waals surface area contributed by atoms with Crippen molar-refractivity contribution >= 4 is 10.9 Å². The van der Waals surface area contributed by atoms with Crippen LogP contribution in [0.2, 0.25) is 0 Å². The lowest BCUT2D eigenvalue weighted by Crippen LogP contribution is -2.38. The zero-order valence-corrected chi connectivity index (χ0v) is 15.9. The molecule has 4 nitrogen and oxygen atoms in total. The van der Waals surface area contributed by atoms with Crippen LogP contribution in [0.5, 0.6) is 0 Å². The number of piperidine rings is 1. The van der Waals surface area contributed by atoms with Crippen molar-refractivity contribution in [2.45, 2.75) is 43.8 Å². The molecule has 3 unspecified atom stereocenters. The highest BCUT2D eigenvalue weighted by molar-refractivity contribution is 5.86. The van der Waals surface area contributed by atoms with Gasteiger partial charge >= 0.3 is 12.4 Å². The zero-order valence-electron chi connectivity index (χ0n) is 15.9. The lowest BCUT2D eigenvalue weighted by atomic mass is 9.87. The first-order chi connectivity index (χ1) is 14.0. The molecule has 1 aliphatic heterocycles. The number of para-hydroxylation sites is 1. The largest absolute Gasteiger partial charge is 0.433 e. The van der Waals surface area contributed by atoms with Crippen LogP contribution in [-0.4, -0.2) is 35.8 Å². The average Bonchev–Trinajstić information content (AvgIpc) is 3.26. The van der Waals surface area contributed by atoms with Crippen LogP contribution < -0.4 is 10.6 Å². The average molecular weight is 433 g/mol. The van der Waals surface area contributed by atoms with Crippen molar-refractivity contribution in [3.8, 4) is 0 Å². The van der Waals surface area contributed by atoms with Gasteiger partial charge in [0.15, 0.2) is 0 Å². The van der Waals surface area contributed by atoms with E-state index in [1.54, 1.807) is 0 Å². The molecule has 3 N–H and O–H groups in total. The predicted molar refractivity (Wildman–Crippen MR) is 97.7 cm³/mol. The van der Waals surface area contributed by atoms with Gasteiger partial charge in [-0.1, -0.05) is 12.1 Å². The third kappa shape index (κ3) is 4.00. The molecule has 2 aromatic rings. The molecule has 1 saturated carbocycles. The van der Waals surface area contributed by atoms with Crippen LogP contribution in [-0.2, 0) is 12.4 Å². The second-order valence-electron chi connectivity index (χ2n) is 8.26. The summed E-state index contributed by atoms with van der Waals surface area (Å²) in [6.45, 7) is 1.35. The minimum Gasteiger partial charge on any atom is -0.387 e. The smallest absolute Gasteiger partial charge is 0.387 e. The summed E-state index contributed by atoms with van der Waals surface area (Å²) in [7, 11) is 0. The maximum absolute atomic E-state index is 13.3. The number of aliphatic hydroxyl groups excluding tert-OH is 1. The molecule has 0 radical (unpaired) electrons. The third-order valence-electron chi connectivity index (χ3n) is 6.13. The Morgan fingerprint density at radius 3 is 2.53 bits per heavy atom. The number of benzene rings is 1. The number of pyridine rings is 1. The molecule has 30 heavy (non-hydrogen) atoms. The highest BCUT2D eigenvalue weighted by atomic mass is 19.4. The number of nitrogens with one attached hydrogen (secondary N) is 2. The van der Waals surface area contributed by atoms with E-state index in [4.69, 9.17) is 0 Å². The molecule has 2 fully saturated rings. The van der Waals surface area contributed by atoms with Crippen LogP contribution in [0.1, 0.15) is 42.2 Å². The van der Waals surface area contributed by atoms with Crippen LogP contribution in [0.4, 0.5) is 26.3 Å². The highest BCUT2D eigenvalue weighted by Gasteiger charge is 2.44. The number of nitrogens with zero attached hydrogens (tertiary/aromatic N) is 1. The lowest BCUT2D eigenvalue weighted by Gasteiger charge is -2.27. The molecule has 0 spiro atoms. The first kappa shape index (κ1) is 21.3. The quantitative estimate of drug-likeness (QED) is 0.624. The van der Waals surface area contributed by atoms with E-state index in [9.17, 15) is 31.4 Å². The van der Waals surface area contributed by atoms with Crippen molar-refractivity contribution in [2.24, 2.45) is 5.41 Å². The van der Waals surface area contributed by atoms with Gasteiger partial charge in [-0.15, -0.1) is 0 Å². The Bertz CT molecular complexity index is 935. The number of alkyl halides is 6. The summed E-state index contributed by atoms with van der Waals surface area (Å²) >= 11 is 0. The summed E-state index contributed by atoms with van der Waals surface area (Å²) in [4.78, 5) is 3.24. The lowest BCUT2D eigenvalue weighted by molar-refractivity contribution is -0.142. The first-order valence-electron chi connectivity index (χ1n) is 9.69. The van der Waals surface area contributed by atoms with Gasteiger partial charge < -0.3 is 15.7 Å². The Kier molecular flexibility index (Phi) is 5.22. The number of hydrogen-bond acceptors (Lipinski definition) is 4. The fourth-order valence-electron chi connectivity index (χ4n) is 4.63. The van der Waals surface area contributed by atoms with Crippen LogP contribution in [0.15, 0.2) is 24.3 Å². The number of aromatic nitrogens is 1. The fourth-order valence-corrected chi connectivity index (χ4v) is 4.63. The molecule has 10 heteroatoms. The van der Waals surface area contributed by atoms with Gasteiger partial charge in [0.1, 0.15) is 5.69 Å². The summed E-state index contributed by atoms with van der Waals surface area (Å²) in [6, 6.07) is 4.15. The van der Waals surface area contributed by atoms with Crippen molar-refractivity contribution in [2.75, 3.05) is 19.6 Å². The van der Waals surface area contributed by atoms with Gasteiger partial charge in [-0.05, 0) is 42.4 Å². The highest BCUT2D eigenvalue weighted by Crippen LogP contribution is 2.42. The van der Waals surface area contributed by atoms with Crippen LogP contribution in [0, 0.1) is 5.41 Å². The van der Waals surface area contributed by atoms with Gasteiger partial charge in [-0.2, -0.15) is 26.3 Å². The molecular weight excluding hydrogens is 412 g/mol. The molecule has 2 bridgehead atoms. The van der Waals surface area contributed by atoms with E-state index in [1.165, 1.54) is 6.07 Å². The Morgan fingerprint density at radius 2 is 1.97 bits per heavy atom. The monoisotopic (exact) mass is 433 g/mol. The molecule has 2 heterocycles. The second-order valence-corrected chi connectivity index (χ2v) is 8.26. The first-order valence-corrected chi connectivity index (χ1v) is 9.69. The minimum absolute atomic E-state index is 0.0608. The Hall–Kier alpha value is -1.91. The molecule has 1 aromatic carbocycles. The molecule has 1 aliphatic carbocycles. The molecular formula is C20H21F6N3O. The van der Waals surface area contributed by atoms with Crippen LogP contribution in [0.3, 0.4) is 0 Å². The summed E-state index contributed by atoms with van der Waals surface area (Å²) in [5, 5.41) is 16.9. The predicted octanol–water partition coefficient (Wildman–Crippen LogP) is 4.04. The van der Waals surface area contributed by atoms with Crippen molar-refractivity contribution in [1.29, 1.82) is 0 Å². The van der Waals surface area contributed by atoms with Crippen molar-refractivity contribution in [3.63, 3.8) is 0 Å². The van der Waals surface area contributed by atoms with E-state index in [0.717, 1.165) is 31.9 Å². The number of halogens is 6. The van der Waals surface area contributed by atoms with Crippen molar-refractivity contribution in [1.82, 2.24) is 15.6 Å². The number of hydrogen-bond donors (Lipinski definition) is 3. The van der Waals surface area contributed by atoms with Crippen molar-refractivity contribution in [3.05, 3.63) is 41.1 Å². The van der Waals surface area contributed by atoms with Crippen LogP contribution >= 0.6 is 0 Å². The summed E-state index contributed by atoms with van der Waals surface area (Å²) < 4.78 is 79.9. The van der Waals surface area contributed by atoms with E-state index in [2.05, 4.69) is 15.6 Å². The van der Waals surface area contributed by atoms with E-state index in [0.29, 0.717) is 24.7 Å². The van der Waals surface area contributed by atoms with Gasteiger partial charge in [0.2, 0.25) is 0 Å². The zero-order chi connectivity index (χ0) is 21.7. The molecule has 4 rings (SSSR count). The maximum Gasteiger partial charge on any atom is 0.433 e. The minimum atomic E-state index is -4.94. The number of fused-ring (bicyclic) bond motifs is 3. The van der Waals surface area contributed by atoms with Gasteiger partial charge in [0.25, 0.3) is 0 Å². The van der Waals surface area contributed by atoms with Crippen molar-refractivity contribution < 1.29 is 31.4 Å². The SMILES string of the molecule is OC(CNCC12CCC(C1)NC2)c1cc(C(F)(F)F)nc2c(C(F)(F)F)cccc12. The van der Waals surface area contributed by atoms with Gasteiger partial charge in [0, 0.05) is 31.1 Å². The summed E-state index contributed by atoms with van der Waals surface area (Å²) in [5.74, 6) is 0. The molecule has 1 aromatic heterocycles. The molecule has 164 valence electrons. The molecule has 3 atom stereocenters. The summed E-state index contributed by atoms with van der Waals surface area (Å²) in [5.41, 5.74) is -3.70. The van der Waals surface area contributed by atoms with Gasteiger partial charge in [-0.25, -0.2) is 4.98 Å². The van der Waals surface area contributed by atoms with E-state index in [1.807, 2.05) is 0 Å². The maximum atomic E-state index is 13.3. The van der Waals surface area contributed by atoms with Gasteiger partial charge in [-0.3, -0.25) is 0 Å². The topological polar surface area (TPSA) is 57.2 Å². The van der Waals surface area contributed by atoms with Gasteiger partial charge in [0.05, 0.1) is 17.2 Å². The standard InChI is InChI=1S/C20H21F6N3O/c21-19(22,23)14-3-1-2-12-13(6-16(20(24,25)26)29-17(12)14)15(30)8-27-9-18-5-4-11(7-18)28-10-18/h1-3,6,11,15,27-28,30H,4-5,7-10H2. The van der Waals surface area contributed by atoms with Crippen LogP contribution in [0.25, 0.3) is 10.9 Å². The van der Waals surface area contributed by atoms with E-state index < -0.39 is 35.2 Å². The van der Waals surface area contributed by atoms with E-state index in [-0.39, 0.29) is 22.9 Å². The Labute approximate surface area is 168 Å². The Balaban J connectivity index is 1.64. The summed E-state index contributed by atoms with van der Waals surface area (Å²) in [6.07, 6.45) is -8.13. The normalized spacial score (nSPS) is 25.2. The number of aliphatic hydroxyl groups is 1. The van der Waals surface area contributed by atoms with E-state index >= 15 is 0 Å².